The highest BCUT2D eigenvalue weighted by molar-refractivity contribution is 5.89. The highest BCUT2D eigenvalue weighted by atomic mass is 16.5. The third-order valence-corrected chi connectivity index (χ3v) is 3.21. The summed E-state index contributed by atoms with van der Waals surface area (Å²) in [5, 5.41) is 1.02. The summed E-state index contributed by atoms with van der Waals surface area (Å²) in [6.45, 7) is 4.13. The van der Waals surface area contributed by atoms with E-state index in [0.29, 0.717) is 11.7 Å². The Hall–Kier alpha value is -2.04. The van der Waals surface area contributed by atoms with Crippen molar-refractivity contribution in [1.29, 1.82) is 0 Å². The standard InChI is InChI=1S/C14H19N3O2/c1-5-8-12-9(6-2)16-14(15)17-10(12)7-11(18-3)13(8)19-4/h7H,5-6H2,1-4H3,(H2,15,16,17). The lowest BCUT2D eigenvalue weighted by Gasteiger charge is -2.16. The van der Waals surface area contributed by atoms with Crippen molar-refractivity contribution in [2.75, 3.05) is 20.0 Å². The summed E-state index contributed by atoms with van der Waals surface area (Å²) in [4.78, 5) is 8.64. The normalized spacial score (nSPS) is 10.7. The monoisotopic (exact) mass is 261 g/mol. The number of nitrogens with zero attached hydrogens (tertiary/aromatic N) is 2. The van der Waals surface area contributed by atoms with Crippen LogP contribution >= 0.6 is 0 Å². The molecule has 0 aliphatic heterocycles. The molecule has 2 rings (SSSR count). The minimum atomic E-state index is 0.290. The van der Waals surface area contributed by atoms with Crippen LogP contribution < -0.4 is 15.2 Å². The van der Waals surface area contributed by atoms with Gasteiger partial charge < -0.3 is 15.2 Å². The van der Waals surface area contributed by atoms with E-state index in [-0.39, 0.29) is 0 Å². The number of nitrogens with two attached hydrogens (primary N) is 1. The Morgan fingerprint density at radius 3 is 2.37 bits per heavy atom. The van der Waals surface area contributed by atoms with Gasteiger partial charge >= 0.3 is 0 Å². The average molecular weight is 261 g/mol. The zero-order valence-electron chi connectivity index (χ0n) is 11.8. The molecule has 1 heterocycles. The minimum Gasteiger partial charge on any atom is -0.493 e. The summed E-state index contributed by atoms with van der Waals surface area (Å²) in [5.74, 6) is 1.71. The van der Waals surface area contributed by atoms with Gasteiger partial charge in [0.2, 0.25) is 5.95 Å². The van der Waals surface area contributed by atoms with E-state index >= 15 is 0 Å². The number of rotatable bonds is 4. The SMILES string of the molecule is CCc1nc(N)nc2cc(OC)c(OC)c(CC)c12. The molecular formula is C14H19N3O2. The maximum Gasteiger partial charge on any atom is 0.220 e. The molecule has 0 saturated heterocycles. The summed E-state index contributed by atoms with van der Waals surface area (Å²) < 4.78 is 10.9. The van der Waals surface area contributed by atoms with Crippen LogP contribution in [-0.4, -0.2) is 24.2 Å². The van der Waals surface area contributed by atoms with Crippen LogP contribution in [0.25, 0.3) is 10.9 Å². The molecule has 0 aliphatic carbocycles. The Bertz CT molecular complexity index is 611. The molecule has 2 aromatic rings. The van der Waals surface area contributed by atoms with Crippen LogP contribution in [0.3, 0.4) is 0 Å². The van der Waals surface area contributed by atoms with Crippen LogP contribution in [0.5, 0.6) is 11.5 Å². The number of fused-ring (bicyclic) bond motifs is 1. The number of ether oxygens (including phenoxy) is 2. The highest BCUT2D eigenvalue weighted by Crippen LogP contribution is 2.38. The molecule has 0 unspecified atom stereocenters. The van der Waals surface area contributed by atoms with E-state index in [9.17, 15) is 0 Å². The summed E-state index contributed by atoms with van der Waals surface area (Å²) in [7, 11) is 3.26. The zero-order chi connectivity index (χ0) is 14.0. The van der Waals surface area contributed by atoms with Gasteiger partial charge in [-0.3, -0.25) is 0 Å². The lowest BCUT2D eigenvalue weighted by atomic mass is 10.0. The van der Waals surface area contributed by atoms with E-state index in [4.69, 9.17) is 15.2 Å². The first kappa shape index (κ1) is 13.4. The lowest BCUT2D eigenvalue weighted by molar-refractivity contribution is 0.353. The third-order valence-electron chi connectivity index (χ3n) is 3.21. The van der Waals surface area contributed by atoms with Crippen molar-refractivity contribution in [3.63, 3.8) is 0 Å². The maximum atomic E-state index is 5.76. The Labute approximate surface area is 112 Å². The molecule has 0 radical (unpaired) electrons. The van der Waals surface area contributed by atoms with E-state index in [1.165, 1.54) is 0 Å². The van der Waals surface area contributed by atoms with Crippen molar-refractivity contribution in [2.24, 2.45) is 0 Å². The van der Waals surface area contributed by atoms with E-state index in [2.05, 4.69) is 23.8 Å². The van der Waals surface area contributed by atoms with Gasteiger partial charge in [0.25, 0.3) is 0 Å². The molecule has 0 spiro atoms. The van der Waals surface area contributed by atoms with Gasteiger partial charge in [-0.05, 0) is 12.8 Å². The molecule has 0 bridgehead atoms. The Morgan fingerprint density at radius 2 is 1.84 bits per heavy atom. The van der Waals surface area contributed by atoms with Crippen LogP contribution in [0.15, 0.2) is 6.07 Å². The molecule has 0 atom stereocenters. The van der Waals surface area contributed by atoms with Gasteiger partial charge in [-0.25, -0.2) is 9.97 Å². The zero-order valence-corrected chi connectivity index (χ0v) is 11.8. The van der Waals surface area contributed by atoms with E-state index in [0.717, 1.165) is 40.8 Å². The summed E-state index contributed by atoms with van der Waals surface area (Å²) in [6.07, 6.45) is 1.61. The predicted molar refractivity (Wildman–Crippen MR) is 75.8 cm³/mol. The number of aryl methyl sites for hydroxylation is 2. The molecule has 0 aliphatic rings. The van der Waals surface area contributed by atoms with Crippen LogP contribution in [0.2, 0.25) is 0 Å². The summed E-state index contributed by atoms with van der Waals surface area (Å²) in [6, 6.07) is 1.85. The van der Waals surface area contributed by atoms with Crippen molar-refractivity contribution in [1.82, 2.24) is 9.97 Å². The Morgan fingerprint density at radius 1 is 1.11 bits per heavy atom. The minimum absolute atomic E-state index is 0.290. The van der Waals surface area contributed by atoms with Crippen LogP contribution in [-0.2, 0) is 12.8 Å². The van der Waals surface area contributed by atoms with E-state index in [1.54, 1.807) is 14.2 Å². The van der Waals surface area contributed by atoms with Gasteiger partial charge in [0.15, 0.2) is 11.5 Å². The maximum absolute atomic E-state index is 5.76. The molecule has 102 valence electrons. The van der Waals surface area contributed by atoms with Crippen molar-refractivity contribution in [3.05, 3.63) is 17.3 Å². The Kier molecular flexibility index (Phi) is 3.74. The number of aromatic nitrogens is 2. The van der Waals surface area contributed by atoms with Gasteiger partial charge in [0, 0.05) is 17.0 Å². The first-order chi connectivity index (χ1) is 9.15. The van der Waals surface area contributed by atoms with E-state index in [1.807, 2.05) is 6.07 Å². The third kappa shape index (κ3) is 2.16. The number of hydrogen-bond donors (Lipinski definition) is 1. The van der Waals surface area contributed by atoms with E-state index < -0.39 is 0 Å². The quantitative estimate of drug-likeness (QED) is 0.914. The molecule has 5 heteroatoms. The number of benzene rings is 1. The fourth-order valence-electron chi connectivity index (χ4n) is 2.40. The number of methoxy groups -OCH3 is 2. The fraction of sp³-hybridized carbons (Fsp3) is 0.429. The second kappa shape index (κ2) is 5.30. The van der Waals surface area contributed by atoms with Crippen molar-refractivity contribution in [3.8, 4) is 11.5 Å². The molecular weight excluding hydrogens is 242 g/mol. The van der Waals surface area contributed by atoms with Crippen molar-refractivity contribution < 1.29 is 9.47 Å². The van der Waals surface area contributed by atoms with Crippen LogP contribution in [0.4, 0.5) is 5.95 Å². The van der Waals surface area contributed by atoms with Gasteiger partial charge in [-0.2, -0.15) is 0 Å². The average Bonchev–Trinajstić information content (AvgIpc) is 2.43. The lowest BCUT2D eigenvalue weighted by Crippen LogP contribution is -2.04. The molecule has 0 saturated carbocycles. The van der Waals surface area contributed by atoms with Gasteiger partial charge in [-0.15, -0.1) is 0 Å². The molecule has 19 heavy (non-hydrogen) atoms. The van der Waals surface area contributed by atoms with Crippen LogP contribution in [0.1, 0.15) is 25.1 Å². The summed E-state index contributed by atoms with van der Waals surface area (Å²) in [5.41, 5.74) is 8.57. The van der Waals surface area contributed by atoms with Crippen LogP contribution in [0, 0.1) is 0 Å². The molecule has 1 aromatic carbocycles. The fourth-order valence-corrected chi connectivity index (χ4v) is 2.40. The molecule has 5 nitrogen and oxygen atoms in total. The highest BCUT2D eigenvalue weighted by Gasteiger charge is 2.17. The second-order valence-electron chi connectivity index (χ2n) is 4.22. The molecule has 2 N–H and O–H groups in total. The number of nitrogen functional groups attached to an aromatic ring is 1. The number of anilines is 1. The second-order valence-corrected chi connectivity index (χ2v) is 4.22. The Balaban J connectivity index is 2.92. The molecule has 1 aromatic heterocycles. The predicted octanol–water partition coefficient (Wildman–Crippen LogP) is 2.35. The van der Waals surface area contributed by atoms with Gasteiger partial charge in [0.1, 0.15) is 0 Å². The number of hydrogen-bond acceptors (Lipinski definition) is 5. The molecule has 0 fully saturated rings. The summed E-state index contributed by atoms with van der Waals surface area (Å²) >= 11 is 0. The van der Waals surface area contributed by atoms with Gasteiger partial charge in [-0.1, -0.05) is 13.8 Å². The van der Waals surface area contributed by atoms with Crippen molar-refractivity contribution in [2.45, 2.75) is 26.7 Å². The largest absolute Gasteiger partial charge is 0.493 e. The topological polar surface area (TPSA) is 70.3 Å². The smallest absolute Gasteiger partial charge is 0.220 e. The first-order valence-corrected chi connectivity index (χ1v) is 6.36. The first-order valence-electron chi connectivity index (χ1n) is 6.36. The van der Waals surface area contributed by atoms with Gasteiger partial charge in [0.05, 0.1) is 25.4 Å². The molecule has 0 amide bonds. The van der Waals surface area contributed by atoms with Crippen molar-refractivity contribution >= 4 is 16.9 Å².